The van der Waals surface area contributed by atoms with Gasteiger partial charge in [-0.2, -0.15) is 0 Å². The molecule has 0 amide bonds. The molecule has 0 spiro atoms. The van der Waals surface area contributed by atoms with Gasteiger partial charge in [-0.05, 0) is 17.7 Å². The van der Waals surface area contributed by atoms with Crippen molar-refractivity contribution in [3.8, 4) is 0 Å². The van der Waals surface area contributed by atoms with Crippen LogP contribution in [0.25, 0.3) is 0 Å². The van der Waals surface area contributed by atoms with E-state index in [2.05, 4.69) is 4.90 Å². The first-order chi connectivity index (χ1) is 8.46. The van der Waals surface area contributed by atoms with Crippen molar-refractivity contribution in [1.29, 1.82) is 0 Å². The van der Waals surface area contributed by atoms with Gasteiger partial charge in [-0.3, -0.25) is 4.90 Å². The Balaban J connectivity index is 2.68. The molecule has 0 unspecified atom stereocenters. The number of hydrogen-bond acceptors (Lipinski definition) is 4. The fraction of sp³-hybridized carbons (Fsp3) is 0.538. The molecule has 0 saturated heterocycles. The Morgan fingerprint density at radius 1 is 1.22 bits per heavy atom. The topological polar surface area (TPSA) is 63.4 Å². The second kappa shape index (κ2) is 6.87. The summed E-state index contributed by atoms with van der Waals surface area (Å²) in [6.45, 7) is 4.69. The second-order valence-electron chi connectivity index (χ2n) is 4.47. The van der Waals surface area contributed by atoms with Crippen molar-refractivity contribution in [3.63, 3.8) is 0 Å². The van der Waals surface area contributed by atoms with E-state index in [1.165, 1.54) is 11.8 Å². The van der Waals surface area contributed by atoms with Gasteiger partial charge < -0.3 is 5.73 Å². The van der Waals surface area contributed by atoms with Crippen LogP contribution in [0.1, 0.15) is 18.1 Å². The molecule has 0 aliphatic heterocycles. The van der Waals surface area contributed by atoms with Gasteiger partial charge >= 0.3 is 0 Å². The molecule has 1 aromatic carbocycles. The maximum atomic E-state index is 11.2. The van der Waals surface area contributed by atoms with Gasteiger partial charge in [0.25, 0.3) is 0 Å². The van der Waals surface area contributed by atoms with Crippen molar-refractivity contribution in [2.75, 3.05) is 25.1 Å². The largest absolute Gasteiger partial charge is 0.326 e. The van der Waals surface area contributed by atoms with Crippen LogP contribution in [-0.2, 0) is 22.9 Å². The molecule has 1 rings (SSSR count). The zero-order chi connectivity index (χ0) is 13.6. The number of sulfone groups is 1. The molecule has 0 heterocycles. The van der Waals surface area contributed by atoms with Crippen LogP contribution in [0.15, 0.2) is 24.3 Å². The quantitative estimate of drug-likeness (QED) is 0.803. The Morgan fingerprint density at radius 3 is 2.33 bits per heavy atom. The smallest absolute Gasteiger partial charge is 0.148 e. The molecule has 0 bridgehead atoms. The predicted molar refractivity (Wildman–Crippen MR) is 75.0 cm³/mol. The molecule has 0 atom stereocenters. The van der Waals surface area contributed by atoms with E-state index in [1.807, 2.05) is 31.2 Å². The highest BCUT2D eigenvalue weighted by atomic mass is 32.2. The predicted octanol–water partition coefficient (Wildman–Crippen LogP) is 1.01. The van der Waals surface area contributed by atoms with Crippen molar-refractivity contribution in [3.05, 3.63) is 35.4 Å². The van der Waals surface area contributed by atoms with Crippen LogP contribution in [0.3, 0.4) is 0 Å². The van der Waals surface area contributed by atoms with E-state index in [1.54, 1.807) is 0 Å². The summed E-state index contributed by atoms with van der Waals surface area (Å²) in [5.74, 6) is 0.200. The van der Waals surface area contributed by atoms with Gasteiger partial charge in [0, 0.05) is 25.9 Å². The van der Waals surface area contributed by atoms with E-state index in [0.29, 0.717) is 13.1 Å². The highest BCUT2D eigenvalue weighted by molar-refractivity contribution is 7.90. The zero-order valence-corrected chi connectivity index (χ0v) is 11.9. The van der Waals surface area contributed by atoms with Gasteiger partial charge in [-0.25, -0.2) is 8.42 Å². The molecule has 0 radical (unpaired) electrons. The molecule has 18 heavy (non-hydrogen) atoms. The first-order valence-corrected chi connectivity index (χ1v) is 8.19. The summed E-state index contributed by atoms with van der Waals surface area (Å²) in [6, 6.07) is 8.02. The van der Waals surface area contributed by atoms with E-state index in [4.69, 9.17) is 5.73 Å². The van der Waals surface area contributed by atoms with E-state index in [0.717, 1.165) is 18.7 Å². The normalized spacial score (nSPS) is 12.0. The fourth-order valence-corrected chi connectivity index (χ4v) is 2.39. The fourth-order valence-electron chi connectivity index (χ4n) is 1.80. The van der Waals surface area contributed by atoms with Crippen LogP contribution in [0, 0.1) is 0 Å². The van der Waals surface area contributed by atoms with Gasteiger partial charge in [0.1, 0.15) is 9.84 Å². The minimum absolute atomic E-state index is 0.200. The van der Waals surface area contributed by atoms with Crippen LogP contribution in [0.5, 0.6) is 0 Å². The van der Waals surface area contributed by atoms with Crippen molar-refractivity contribution in [2.45, 2.75) is 20.0 Å². The standard InChI is InChI=1S/C13H22N2O2S/c1-3-15(8-9-18(2,16)17)11-13-7-5-4-6-12(13)10-14/h4-7H,3,8-11,14H2,1-2H3. The summed E-state index contributed by atoms with van der Waals surface area (Å²) >= 11 is 0. The van der Waals surface area contributed by atoms with E-state index in [-0.39, 0.29) is 5.75 Å². The SMILES string of the molecule is CCN(CCS(C)(=O)=O)Cc1ccccc1CN. The highest BCUT2D eigenvalue weighted by Gasteiger charge is 2.10. The van der Waals surface area contributed by atoms with E-state index < -0.39 is 9.84 Å². The summed E-state index contributed by atoms with van der Waals surface area (Å²) < 4.78 is 22.4. The molecule has 0 aliphatic carbocycles. The number of nitrogens with zero attached hydrogens (tertiary/aromatic N) is 1. The van der Waals surface area contributed by atoms with E-state index >= 15 is 0 Å². The molecule has 0 aliphatic rings. The maximum absolute atomic E-state index is 11.2. The highest BCUT2D eigenvalue weighted by Crippen LogP contribution is 2.11. The number of rotatable bonds is 7. The minimum Gasteiger partial charge on any atom is -0.326 e. The Bertz CT molecular complexity index is 472. The molecule has 0 aromatic heterocycles. The van der Waals surface area contributed by atoms with Gasteiger partial charge in [0.15, 0.2) is 0 Å². The van der Waals surface area contributed by atoms with Crippen LogP contribution in [-0.4, -0.2) is 38.4 Å². The van der Waals surface area contributed by atoms with Gasteiger partial charge in [-0.15, -0.1) is 0 Å². The Hall–Kier alpha value is -0.910. The Morgan fingerprint density at radius 2 is 1.83 bits per heavy atom. The molecule has 5 heteroatoms. The molecule has 1 aromatic rings. The molecular formula is C13H22N2O2S. The lowest BCUT2D eigenvalue weighted by Gasteiger charge is -2.21. The Kier molecular flexibility index (Phi) is 5.78. The number of benzene rings is 1. The lowest BCUT2D eigenvalue weighted by atomic mass is 10.1. The van der Waals surface area contributed by atoms with Crippen molar-refractivity contribution < 1.29 is 8.42 Å². The molecule has 2 N–H and O–H groups in total. The average molecular weight is 270 g/mol. The van der Waals surface area contributed by atoms with Crippen molar-refractivity contribution >= 4 is 9.84 Å². The van der Waals surface area contributed by atoms with Crippen LogP contribution in [0.2, 0.25) is 0 Å². The summed E-state index contributed by atoms with van der Waals surface area (Å²) in [5.41, 5.74) is 7.99. The van der Waals surface area contributed by atoms with Crippen molar-refractivity contribution in [2.24, 2.45) is 5.73 Å². The maximum Gasteiger partial charge on any atom is 0.148 e. The van der Waals surface area contributed by atoms with Gasteiger partial charge in [-0.1, -0.05) is 31.2 Å². The summed E-state index contributed by atoms with van der Waals surface area (Å²) in [4.78, 5) is 2.12. The minimum atomic E-state index is -2.90. The summed E-state index contributed by atoms with van der Waals surface area (Å²) in [7, 11) is -2.90. The third kappa shape index (κ3) is 5.16. The first kappa shape index (κ1) is 15.1. The van der Waals surface area contributed by atoms with Crippen molar-refractivity contribution in [1.82, 2.24) is 4.90 Å². The van der Waals surface area contributed by atoms with Crippen LogP contribution in [0.4, 0.5) is 0 Å². The molecule has 0 fully saturated rings. The lowest BCUT2D eigenvalue weighted by molar-refractivity contribution is 0.296. The summed E-state index contributed by atoms with van der Waals surface area (Å²) in [5, 5.41) is 0. The summed E-state index contributed by atoms with van der Waals surface area (Å²) in [6.07, 6.45) is 1.27. The number of nitrogens with two attached hydrogens (primary N) is 1. The van der Waals surface area contributed by atoms with E-state index in [9.17, 15) is 8.42 Å². The third-order valence-electron chi connectivity index (χ3n) is 2.96. The second-order valence-corrected chi connectivity index (χ2v) is 6.73. The number of hydrogen-bond donors (Lipinski definition) is 1. The average Bonchev–Trinajstić information content (AvgIpc) is 2.33. The van der Waals surface area contributed by atoms with Crippen LogP contribution < -0.4 is 5.73 Å². The first-order valence-electron chi connectivity index (χ1n) is 6.13. The zero-order valence-electron chi connectivity index (χ0n) is 11.1. The molecule has 0 saturated carbocycles. The monoisotopic (exact) mass is 270 g/mol. The van der Waals surface area contributed by atoms with Crippen LogP contribution >= 0.6 is 0 Å². The lowest BCUT2D eigenvalue weighted by Crippen LogP contribution is -2.29. The Labute approximate surface area is 110 Å². The molecular weight excluding hydrogens is 248 g/mol. The third-order valence-corrected chi connectivity index (χ3v) is 3.88. The molecule has 4 nitrogen and oxygen atoms in total. The molecule has 102 valence electrons. The van der Waals surface area contributed by atoms with Gasteiger partial charge in [0.2, 0.25) is 0 Å². The van der Waals surface area contributed by atoms with Gasteiger partial charge in [0.05, 0.1) is 5.75 Å².